The van der Waals surface area contributed by atoms with Crippen LogP contribution in [0.5, 0.6) is 11.5 Å². The van der Waals surface area contributed by atoms with Gasteiger partial charge in [-0.2, -0.15) is 0 Å². The summed E-state index contributed by atoms with van der Waals surface area (Å²) in [5.74, 6) is 0.960. The molecular formula is C18H23NO4S. The van der Waals surface area contributed by atoms with E-state index >= 15 is 0 Å². The molecule has 0 radical (unpaired) electrons. The molecule has 0 aliphatic carbocycles. The molecule has 0 bridgehead atoms. The summed E-state index contributed by atoms with van der Waals surface area (Å²) in [5.41, 5.74) is 1.36. The fraction of sp³-hybridized carbons (Fsp3) is 0.333. The zero-order chi connectivity index (χ0) is 18.0. The Hall–Kier alpha value is -2.21. The molecule has 6 heteroatoms. The first-order valence-electron chi connectivity index (χ1n) is 7.53. The van der Waals surface area contributed by atoms with Crippen molar-refractivity contribution in [2.45, 2.75) is 31.1 Å². The summed E-state index contributed by atoms with van der Waals surface area (Å²) in [6.07, 6.45) is 0. The minimum absolute atomic E-state index is 0.0360. The van der Waals surface area contributed by atoms with Crippen molar-refractivity contribution in [1.82, 2.24) is 0 Å². The van der Waals surface area contributed by atoms with E-state index in [1.165, 1.54) is 14.2 Å². The van der Waals surface area contributed by atoms with E-state index < -0.39 is 10.0 Å². The third-order valence-electron chi connectivity index (χ3n) is 3.68. The highest BCUT2D eigenvalue weighted by atomic mass is 32.2. The largest absolute Gasteiger partial charge is 0.497 e. The van der Waals surface area contributed by atoms with E-state index in [2.05, 4.69) is 25.5 Å². The Kier molecular flexibility index (Phi) is 5.08. The number of nitrogens with one attached hydrogen (secondary N) is 1. The van der Waals surface area contributed by atoms with E-state index in [1.807, 2.05) is 12.1 Å². The Bertz CT molecular complexity index is 806. The molecule has 0 spiro atoms. The maximum atomic E-state index is 12.6. The van der Waals surface area contributed by atoms with Crippen LogP contribution in [-0.4, -0.2) is 22.6 Å². The normalized spacial score (nSPS) is 11.9. The molecule has 2 rings (SSSR count). The average molecular weight is 349 g/mol. The number of methoxy groups -OCH3 is 2. The predicted octanol–water partition coefficient (Wildman–Crippen LogP) is 3.80. The summed E-state index contributed by atoms with van der Waals surface area (Å²) in [4.78, 5) is 0.195. The molecule has 2 aromatic carbocycles. The van der Waals surface area contributed by atoms with Gasteiger partial charge in [0, 0.05) is 6.07 Å². The minimum Gasteiger partial charge on any atom is -0.497 e. The molecule has 2 aromatic rings. The van der Waals surface area contributed by atoms with Gasteiger partial charge in [-0.1, -0.05) is 32.9 Å². The molecule has 0 saturated carbocycles. The second-order valence-electron chi connectivity index (χ2n) is 6.45. The van der Waals surface area contributed by atoms with Gasteiger partial charge in [0.15, 0.2) is 0 Å². The lowest BCUT2D eigenvalue weighted by Crippen LogP contribution is -2.15. The van der Waals surface area contributed by atoms with Crippen LogP contribution in [0, 0.1) is 0 Å². The van der Waals surface area contributed by atoms with Crippen LogP contribution in [0.15, 0.2) is 47.4 Å². The summed E-state index contributed by atoms with van der Waals surface area (Å²) >= 11 is 0. The van der Waals surface area contributed by atoms with Crippen molar-refractivity contribution in [3.8, 4) is 11.5 Å². The lowest BCUT2D eigenvalue weighted by atomic mass is 9.87. The van der Waals surface area contributed by atoms with Crippen LogP contribution in [0.4, 0.5) is 5.69 Å². The molecule has 0 amide bonds. The molecular weight excluding hydrogens is 326 g/mol. The number of rotatable bonds is 5. The quantitative estimate of drug-likeness (QED) is 0.892. The Morgan fingerprint density at radius 3 is 2.04 bits per heavy atom. The summed E-state index contributed by atoms with van der Waals surface area (Å²) in [6.45, 7) is 6.24. The number of hydrogen-bond acceptors (Lipinski definition) is 4. The number of hydrogen-bond donors (Lipinski definition) is 1. The molecule has 0 atom stereocenters. The van der Waals surface area contributed by atoms with Crippen molar-refractivity contribution in [2.24, 2.45) is 0 Å². The Morgan fingerprint density at radius 2 is 1.54 bits per heavy atom. The number of benzene rings is 2. The fourth-order valence-electron chi connectivity index (χ4n) is 2.23. The second kappa shape index (κ2) is 6.73. The third kappa shape index (κ3) is 4.00. The molecule has 130 valence electrons. The highest BCUT2D eigenvalue weighted by Gasteiger charge is 2.19. The topological polar surface area (TPSA) is 64.6 Å². The molecule has 24 heavy (non-hydrogen) atoms. The van der Waals surface area contributed by atoms with Gasteiger partial charge in [-0.25, -0.2) is 8.42 Å². The van der Waals surface area contributed by atoms with E-state index in [1.54, 1.807) is 30.3 Å². The van der Waals surface area contributed by atoms with Gasteiger partial charge < -0.3 is 9.47 Å². The van der Waals surface area contributed by atoms with Crippen LogP contribution >= 0.6 is 0 Å². The van der Waals surface area contributed by atoms with Crippen molar-refractivity contribution < 1.29 is 17.9 Å². The Morgan fingerprint density at radius 1 is 0.917 bits per heavy atom. The molecule has 0 fully saturated rings. The predicted molar refractivity (Wildman–Crippen MR) is 95.5 cm³/mol. The number of anilines is 1. The van der Waals surface area contributed by atoms with Gasteiger partial charge in [-0.15, -0.1) is 0 Å². The van der Waals surface area contributed by atoms with Crippen molar-refractivity contribution in [2.75, 3.05) is 18.9 Å². The highest BCUT2D eigenvalue weighted by molar-refractivity contribution is 7.92. The minimum atomic E-state index is -3.72. The van der Waals surface area contributed by atoms with Crippen LogP contribution in [0.2, 0.25) is 0 Å². The molecule has 0 aliphatic heterocycles. The van der Waals surface area contributed by atoms with Crippen LogP contribution in [0.25, 0.3) is 0 Å². The summed E-state index contributed by atoms with van der Waals surface area (Å²) in [5, 5.41) is 0. The maximum absolute atomic E-state index is 12.6. The molecule has 1 N–H and O–H groups in total. The van der Waals surface area contributed by atoms with E-state index in [0.717, 1.165) is 5.56 Å². The first-order chi connectivity index (χ1) is 11.2. The van der Waals surface area contributed by atoms with Crippen molar-refractivity contribution >= 4 is 15.7 Å². The Balaban J connectivity index is 2.35. The van der Waals surface area contributed by atoms with Gasteiger partial charge in [0.05, 0.1) is 24.8 Å². The summed E-state index contributed by atoms with van der Waals surface area (Å²) < 4.78 is 38.1. The first kappa shape index (κ1) is 18.1. The van der Waals surface area contributed by atoms with E-state index in [-0.39, 0.29) is 10.3 Å². The highest BCUT2D eigenvalue weighted by Crippen LogP contribution is 2.31. The number of ether oxygens (including phenoxy) is 2. The third-order valence-corrected chi connectivity index (χ3v) is 5.06. The fourth-order valence-corrected chi connectivity index (χ4v) is 3.29. The van der Waals surface area contributed by atoms with Crippen molar-refractivity contribution in [1.29, 1.82) is 0 Å². The second-order valence-corrected chi connectivity index (χ2v) is 8.13. The van der Waals surface area contributed by atoms with E-state index in [0.29, 0.717) is 17.2 Å². The van der Waals surface area contributed by atoms with Crippen LogP contribution in [0.3, 0.4) is 0 Å². The van der Waals surface area contributed by atoms with Gasteiger partial charge >= 0.3 is 0 Å². The lowest BCUT2D eigenvalue weighted by Gasteiger charge is -2.19. The molecule has 0 saturated heterocycles. The SMILES string of the molecule is COc1ccc(OC)c(NS(=O)(=O)c2ccc(C(C)(C)C)cc2)c1. The van der Waals surface area contributed by atoms with Crippen molar-refractivity contribution in [3.63, 3.8) is 0 Å². The van der Waals surface area contributed by atoms with E-state index in [4.69, 9.17) is 9.47 Å². The monoisotopic (exact) mass is 349 g/mol. The summed E-state index contributed by atoms with van der Waals surface area (Å²) in [6, 6.07) is 11.8. The van der Waals surface area contributed by atoms with Gasteiger partial charge in [0.2, 0.25) is 0 Å². The maximum Gasteiger partial charge on any atom is 0.262 e. The molecule has 0 aromatic heterocycles. The standard InChI is InChI=1S/C18H23NO4S/c1-18(2,3)13-6-9-15(10-7-13)24(20,21)19-16-12-14(22-4)8-11-17(16)23-5/h6-12,19H,1-5H3. The smallest absolute Gasteiger partial charge is 0.262 e. The molecule has 0 heterocycles. The zero-order valence-corrected chi connectivity index (χ0v) is 15.4. The van der Waals surface area contributed by atoms with Crippen LogP contribution in [0.1, 0.15) is 26.3 Å². The van der Waals surface area contributed by atoms with Crippen LogP contribution in [-0.2, 0) is 15.4 Å². The molecule has 5 nitrogen and oxygen atoms in total. The molecule has 0 unspecified atom stereocenters. The van der Waals surface area contributed by atoms with Gasteiger partial charge in [0.25, 0.3) is 10.0 Å². The lowest BCUT2D eigenvalue weighted by molar-refractivity contribution is 0.405. The molecule has 0 aliphatic rings. The van der Waals surface area contributed by atoms with Gasteiger partial charge in [0.1, 0.15) is 11.5 Å². The Labute approximate surface area is 143 Å². The zero-order valence-electron chi connectivity index (χ0n) is 14.6. The van der Waals surface area contributed by atoms with Crippen LogP contribution < -0.4 is 14.2 Å². The summed E-state index contributed by atoms with van der Waals surface area (Å²) in [7, 11) is -0.716. The first-order valence-corrected chi connectivity index (χ1v) is 9.01. The van der Waals surface area contributed by atoms with E-state index in [9.17, 15) is 8.42 Å². The van der Waals surface area contributed by atoms with Gasteiger partial charge in [-0.05, 0) is 35.2 Å². The average Bonchev–Trinajstić information content (AvgIpc) is 2.53. The number of sulfonamides is 1. The van der Waals surface area contributed by atoms with Crippen molar-refractivity contribution in [3.05, 3.63) is 48.0 Å². The van der Waals surface area contributed by atoms with Gasteiger partial charge in [-0.3, -0.25) is 4.72 Å².